The van der Waals surface area contributed by atoms with Crippen LogP contribution in [0.25, 0.3) is 0 Å². The summed E-state index contributed by atoms with van der Waals surface area (Å²) in [7, 11) is -3.62. The summed E-state index contributed by atoms with van der Waals surface area (Å²) in [5.74, 6) is 0.362. The van der Waals surface area contributed by atoms with Crippen molar-refractivity contribution in [2.75, 3.05) is 31.6 Å². The number of furan rings is 1. The minimum Gasteiger partial charge on any atom is -0.486 e. The highest BCUT2D eigenvalue weighted by Gasteiger charge is 2.26. The topological polar surface area (TPSA) is 141 Å². The van der Waals surface area contributed by atoms with Crippen molar-refractivity contribution in [3.63, 3.8) is 0 Å². The second-order valence-electron chi connectivity index (χ2n) is 7.75. The molecule has 1 aromatic heterocycles. The molecule has 1 aliphatic heterocycles. The first-order valence-electron chi connectivity index (χ1n) is 10.7. The summed E-state index contributed by atoms with van der Waals surface area (Å²) in [5, 5.41) is 13.6. The molecule has 0 saturated carbocycles. The molecule has 0 unspecified atom stereocenters. The van der Waals surface area contributed by atoms with Gasteiger partial charge in [0.05, 0.1) is 23.0 Å². The van der Waals surface area contributed by atoms with Gasteiger partial charge in [-0.15, -0.1) is 0 Å². The van der Waals surface area contributed by atoms with Crippen molar-refractivity contribution >= 4 is 27.3 Å². The Bertz CT molecular complexity index is 1330. The monoisotopic (exact) mass is 501 g/mol. The Kier molecular flexibility index (Phi) is 7.15. The lowest BCUT2D eigenvalue weighted by Crippen LogP contribution is -2.40. The van der Waals surface area contributed by atoms with Gasteiger partial charge in [0.25, 0.3) is 11.6 Å². The third kappa shape index (κ3) is 5.67. The van der Waals surface area contributed by atoms with Crippen molar-refractivity contribution in [2.24, 2.45) is 0 Å². The standard InChI is InChI=1S/C23H23N3O8S/c1-16-14-18(4-8-21(16)26(28)29)33-15-19-5-9-22(34-19)23(27)24-17-2-6-20(7-3-17)35(30,31)25-10-12-32-13-11-25/h2-9,14H,10-13,15H2,1H3,(H,24,27). The number of rotatable bonds is 8. The predicted molar refractivity (Wildman–Crippen MR) is 125 cm³/mol. The molecule has 1 N–H and O–H groups in total. The summed E-state index contributed by atoms with van der Waals surface area (Å²) in [6.07, 6.45) is 0. The number of aryl methyl sites for hydroxylation is 1. The normalized spacial score (nSPS) is 14.4. The van der Waals surface area contributed by atoms with E-state index in [9.17, 15) is 23.3 Å². The molecule has 3 aromatic rings. The molecule has 0 radical (unpaired) electrons. The number of morpholine rings is 1. The van der Waals surface area contributed by atoms with Crippen LogP contribution in [0.4, 0.5) is 11.4 Å². The van der Waals surface area contributed by atoms with Gasteiger partial charge in [-0.3, -0.25) is 14.9 Å². The summed E-state index contributed by atoms with van der Waals surface area (Å²) in [6, 6.07) is 13.4. The molecule has 0 aliphatic carbocycles. The second kappa shape index (κ2) is 10.3. The molecule has 0 atom stereocenters. The van der Waals surface area contributed by atoms with Crippen molar-refractivity contribution in [2.45, 2.75) is 18.4 Å². The van der Waals surface area contributed by atoms with Crippen LogP contribution in [0.3, 0.4) is 0 Å². The zero-order valence-electron chi connectivity index (χ0n) is 18.8. The van der Waals surface area contributed by atoms with Gasteiger partial charge in [-0.1, -0.05) is 0 Å². The maximum Gasteiger partial charge on any atom is 0.291 e. The molecule has 1 fully saturated rings. The molecule has 1 aliphatic rings. The molecule has 0 spiro atoms. The van der Waals surface area contributed by atoms with E-state index in [-0.39, 0.29) is 22.9 Å². The summed E-state index contributed by atoms with van der Waals surface area (Å²) in [4.78, 5) is 23.1. The van der Waals surface area contributed by atoms with Crippen molar-refractivity contribution in [3.05, 3.63) is 81.8 Å². The quantitative estimate of drug-likeness (QED) is 0.366. The van der Waals surface area contributed by atoms with Crippen LogP contribution < -0.4 is 10.1 Å². The highest BCUT2D eigenvalue weighted by Crippen LogP contribution is 2.24. The highest BCUT2D eigenvalue weighted by molar-refractivity contribution is 7.89. The van der Waals surface area contributed by atoms with E-state index in [2.05, 4.69) is 5.32 Å². The number of hydrogen-bond acceptors (Lipinski definition) is 8. The van der Waals surface area contributed by atoms with Gasteiger partial charge in [0.15, 0.2) is 5.76 Å². The molecule has 11 nitrogen and oxygen atoms in total. The van der Waals surface area contributed by atoms with Gasteiger partial charge in [0.1, 0.15) is 18.1 Å². The van der Waals surface area contributed by atoms with Crippen LogP contribution >= 0.6 is 0 Å². The number of nitro benzene ring substituents is 1. The average molecular weight is 502 g/mol. The maximum atomic E-state index is 12.7. The number of carbonyl (C=O) groups is 1. The van der Waals surface area contributed by atoms with Crippen molar-refractivity contribution in [1.29, 1.82) is 0 Å². The molecule has 2 aromatic carbocycles. The van der Waals surface area contributed by atoms with Crippen LogP contribution in [-0.4, -0.2) is 49.9 Å². The first-order chi connectivity index (χ1) is 16.7. The van der Waals surface area contributed by atoms with E-state index in [1.54, 1.807) is 19.1 Å². The van der Waals surface area contributed by atoms with Gasteiger partial charge >= 0.3 is 0 Å². The van der Waals surface area contributed by atoms with Gasteiger partial charge in [0.2, 0.25) is 10.0 Å². The first-order valence-corrected chi connectivity index (χ1v) is 12.1. The van der Waals surface area contributed by atoms with Gasteiger partial charge < -0.3 is 19.2 Å². The summed E-state index contributed by atoms with van der Waals surface area (Å²) in [5.41, 5.74) is 0.878. The Balaban J connectivity index is 1.35. The number of benzene rings is 2. The van der Waals surface area contributed by atoms with Gasteiger partial charge in [-0.05, 0) is 55.5 Å². The number of sulfonamides is 1. The van der Waals surface area contributed by atoms with Gasteiger partial charge in [-0.2, -0.15) is 4.31 Å². The molecule has 1 saturated heterocycles. The number of amides is 1. The molecule has 35 heavy (non-hydrogen) atoms. The fraction of sp³-hybridized carbons (Fsp3) is 0.261. The van der Waals surface area contributed by atoms with Crippen molar-refractivity contribution in [3.8, 4) is 5.75 Å². The number of nitro groups is 1. The summed E-state index contributed by atoms with van der Waals surface area (Å²) in [6.45, 7) is 2.96. The van der Waals surface area contributed by atoms with Crippen LogP contribution in [-0.2, 0) is 21.4 Å². The van der Waals surface area contributed by atoms with Crippen LogP contribution in [0.1, 0.15) is 21.9 Å². The van der Waals surface area contributed by atoms with E-state index in [0.29, 0.717) is 49.1 Å². The average Bonchev–Trinajstić information content (AvgIpc) is 3.33. The Morgan fingerprint density at radius 3 is 2.49 bits per heavy atom. The number of nitrogens with zero attached hydrogens (tertiary/aromatic N) is 2. The van der Waals surface area contributed by atoms with E-state index in [1.807, 2.05) is 0 Å². The highest BCUT2D eigenvalue weighted by atomic mass is 32.2. The lowest BCUT2D eigenvalue weighted by atomic mass is 10.2. The van der Waals surface area contributed by atoms with E-state index in [0.717, 1.165) is 0 Å². The van der Waals surface area contributed by atoms with Crippen LogP contribution in [0.15, 0.2) is 63.9 Å². The zero-order chi connectivity index (χ0) is 25.0. The number of nitrogens with one attached hydrogen (secondary N) is 1. The number of carbonyl (C=O) groups excluding carboxylic acids is 1. The Labute approximate surface area is 201 Å². The largest absolute Gasteiger partial charge is 0.486 e. The van der Waals surface area contributed by atoms with E-state index < -0.39 is 20.9 Å². The Morgan fingerprint density at radius 2 is 1.83 bits per heavy atom. The molecular formula is C23H23N3O8S. The molecule has 0 bridgehead atoms. The molecule has 4 rings (SSSR count). The molecule has 1 amide bonds. The van der Waals surface area contributed by atoms with Crippen LogP contribution in [0.5, 0.6) is 5.75 Å². The number of hydrogen-bond donors (Lipinski definition) is 1. The number of ether oxygens (including phenoxy) is 2. The molecule has 2 heterocycles. The first kappa shape index (κ1) is 24.4. The van der Waals surface area contributed by atoms with E-state index in [4.69, 9.17) is 13.9 Å². The SMILES string of the molecule is Cc1cc(OCc2ccc(C(=O)Nc3ccc(S(=O)(=O)N4CCOCC4)cc3)o2)ccc1[N+](=O)[O-]. The third-order valence-corrected chi connectivity index (χ3v) is 7.26. The van der Waals surface area contributed by atoms with E-state index >= 15 is 0 Å². The van der Waals surface area contributed by atoms with Crippen molar-refractivity contribution in [1.82, 2.24) is 4.31 Å². The minimum absolute atomic E-state index is 0.000957. The predicted octanol–water partition coefficient (Wildman–Crippen LogP) is 3.35. The summed E-state index contributed by atoms with van der Waals surface area (Å²) >= 11 is 0. The summed E-state index contributed by atoms with van der Waals surface area (Å²) < 4.78 is 43.1. The lowest BCUT2D eigenvalue weighted by Gasteiger charge is -2.26. The Hall–Kier alpha value is -3.74. The fourth-order valence-corrected chi connectivity index (χ4v) is 4.90. The second-order valence-corrected chi connectivity index (χ2v) is 9.69. The lowest BCUT2D eigenvalue weighted by molar-refractivity contribution is -0.385. The number of anilines is 1. The van der Waals surface area contributed by atoms with Crippen molar-refractivity contribution < 1.29 is 32.0 Å². The third-order valence-electron chi connectivity index (χ3n) is 5.35. The smallest absolute Gasteiger partial charge is 0.291 e. The Morgan fingerprint density at radius 1 is 1.11 bits per heavy atom. The van der Waals surface area contributed by atoms with E-state index in [1.165, 1.54) is 46.8 Å². The van der Waals surface area contributed by atoms with Crippen LogP contribution in [0, 0.1) is 17.0 Å². The molecule has 184 valence electrons. The zero-order valence-corrected chi connectivity index (χ0v) is 19.6. The minimum atomic E-state index is -3.62. The molecular weight excluding hydrogens is 478 g/mol. The fourth-order valence-electron chi connectivity index (χ4n) is 3.49. The maximum absolute atomic E-state index is 12.7. The van der Waals surface area contributed by atoms with Crippen LogP contribution in [0.2, 0.25) is 0 Å². The van der Waals surface area contributed by atoms with Gasteiger partial charge in [0, 0.05) is 30.4 Å². The molecule has 12 heteroatoms. The van der Waals surface area contributed by atoms with Gasteiger partial charge in [-0.25, -0.2) is 8.42 Å².